The van der Waals surface area contributed by atoms with E-state index >= 15 is 0 Å². The molecule has 0 unspecified atom stereocenters. The highest BCUT2D eigenvalue weighted by Crippen LogP contribution is 2.28. The molecule has 0 amide bonds. The number of hydrogen-bond donors (Lipinski definition) is 3. The van der Waals surface area contributed by atoms with Crippen LogP contribution in [0.1, 0.15) is 0 Å². The molecule has 16 heavy (non-hydrogen) atoms. The SMILES string of the molecule is Nc1ccc(-c2ncncc2[O-])cc1NO. The van der Waals surface area contributed by atoms with E-state index in [9.17, 15) is 5.11 Å². The maximum absolute atomic E-state index is 11.5. The van der Waals surface area contributed by atoms with E-state index in [1.807, 2.05) is 5.48 Å². The first-order valence-corrected chi connectivity index (χ1v) is 4.49. The summed E-state index contributed by atoms with van der Waals surface area (Å²) in [6.45, 7) is 0. The lowest BCUT2D eigenvalue weighted by molar-refractivity contribution is -0.268. The molecule has 0 radical (unpaired) electrons. The average Bonchev–Trinajstić information content (AvgIpc) is 2.31. The van der Waals surface area contributed by atoms with Crippen molar-refractivity contribution < 1.29 is 10.3 Å². The van der Waals surface area contributed by atoms with Crippen molar-refractivity contribution in [3.63, 3.8) is 0 Å². The lowest BCUT2D eigenvalue weighted by Gasteiger charge is -2.12. The van der Waals surface area contributed by atoms with Crippen LogP contribution < -0.4 is 16.3 Å². The molecule has 1 aromatic heterocycles. The van der Waals surface area contributed by atoms with Crippen LogP contribution in [-0.4, -0.2) is 15.2 Å². The highest BCUT2D eigenvalue weighted by molar-refractivity contribution is 5.75. The maximum Gasteiger partial charge on any atom is 0.115 e. The van der Waals surface area contributed by atoms with E-state index in [2.05, 4.69) is 9.97 Å². The summed E-state index contributed by atoms with van der Waals surface area (Å²) >= 11 is 0. The van der Waals surface area contributed by atoms with Gasteiger partial charge in [-0.25, -0.2) is 9.97 Å². The van der Waals surface area contributed by atoms with Crippen molar-refractivity contribution in [2.45, 2.75) is 0 Å². The van der Waals surface area contributed by atoms with E-state index in [1.165, 1.54) is 12.5 Å². The van der Waals surface area contributed by atoms with Crippen LogP contribution in [0.25, 0.3) is 11.3 Å². The van der Waals surface area contributed by atoms with Gasteiger partial charge in [0.1, 0.15) is 6.33 Å². The zero-order chi connectivity index (χ0) is 11.5. The Morgan fingerprint density at radius 3 is 2.88 bits per heavy atom. The Balaban J connectivity index is 2.53. The number of nitrogen functional groups attached to an aromatic ring is 1. The van der Waals surface area contributed by atoms with Gasteiger partial charge in [0.25, 0.3) is 0 Å². The summed E-state index contributed by atoms with van der Waals surface area (Å²) in [7, 11) is 0. The Hall–Kier alpha value is -2.34. The monoisotopic (exact) mass is 217 g/mol. The lowest BCUT2D eigenvalue weighted by atomic mass is 10.1. The Labute approximate surface area is 91.4 Å². The predicted molar refractivity (Wildman–Crippen MR) is 56.7 cm³/mol. The Morgan fingerprint density at radius 2 is 2.19 bits per heavy atom. The van der Waals surface area contributed by atoms with Crippen molar-refractivity contribution in [2.24, 2.45) is 0 Å². The lowest BCUT2D eigenvalue weighted by Crippen LogP contribution is -1.99. The first kappa shape index (κ1) is 10.2. The smallest absolute Gasteiger partial charge is 0.115 e. The van der Waals surface area contributed by atoms with Crippen molar-refractivity contribution >= 4 is 11.4 Å². The molecule has 4 N–H and O–H groups in total. The minimum Gasteiger partial charge on any atom is -0.870 e. The Kier molecular flexibility index (Phi) is 2.57. The van der Waals surface area contributed by atoms with Gasteiger partial charge in [-0.1, -0.05) is 11.8 Å². The minimum absolute atomic E-state index is 0.270. The number of hydrogen-bond acceptors (Lipinski definition) is 6. The van der Waals surface area contributed by atoms with Crippen LogP contribution in [0.5, 0.6) is 5.75 Å². The maximum atomic E-state index is 11.5. The second-order valence-corrected chi connectivity index (χ2v) is 3.15. The first-order chi connectivity index (χ1) is 7.72. The molecule has 0 saturated heterocycles. The van der Waals surface area contributed by atoms with Crippen molar-refractivity contribution in [3.8, 4) is 17.0 Å². The van der Waals surface area contributed by atoms with Gasteiger partial charge in [-0.15, -0.1) is 0 Å². The quantitative estimate of drug-likeness (QED) is 0.502. The van der Waals surface area contributed by atoms with E-state index in [0.29, 0.717) is 16.9 Å². The Bertz CT molecular complexity index is 516. The fourth-order valence-corrected chi connectivity index (χ4v) is 1.33. The number of benzene rings is 1. The van der Waals surface area contributed by atoms with E-state index in [0.717, 1.165) is 0 Å². The normalized spacial score (nSPS) is 10.1. The summed E-state index contributed by atoms with van der Waals surface area (Å²) in [4.78, 5) is 7.50. The van der Waals surface area contributed by atoms with Crippen molar-refractivity contribution in [2.75, 3.05) is 11.2 Å². The summed E-state index contributed by atoms with van der Waals surface area (Å²) in [5.41, 5.74) is 9.09. The number of anilines is 2. The van der Waals surface area contributed by atoms with Crippen LogP contribution in [0.3, 0.4) is 0 Å². The fraction of sp³-hybridized carbons (Fsp3) is 0. The number of nitrogens with zero attached hydrogens (tertiary/aromatic N) is 2. The molecule has 0 atom stereocenters. The van der Waals surface area contributed by atoms with Crippen LogP contribution in [0, 0.1) is 0 Å². The molecule has 82 valence electrons. The van der Waals surface area contributed by atoms with Crippen molar-refractivity contribution in [1.82, 2.24) is 9.97 Å². The Morgan fingerprint density at radius 1 is 1.38 bits per heavy atom. The van der Waals surface area contributed by atoms with Crippen LogP contribution >= 0.6 is 0 Å². The third kappa shape index (κ3) is 1.73. The predicted octanol–water partition coefficient (Wildman–Crippen LogP) is 0.601. The van der Waals surface area contributed by atoms with Gasteiger partial charge in [0.2, 0.25) is 0 Å². The fourth-order valence-electron chi connectivity index (χ4n) is 1.33. The second kappa shape index (κ2) is 4.03. The summed E-state index contributed by atoms with van der Waals surface area (Å²) in [6, 6.07) is 4.77. The van der Waals surface area contributed by atoms with Gasteiger partial charge >= 0.3 is 0 Å². The molecule has 6 nitrogen and oxygen atoms in total. The number of nitrogens with one attached hydrogen (secondary N) is 1. The molecule has 1 aromatic carbocycles. The summed E-state index contributed by atoms with van der Waals surface area (Å²) in [5, 5.41) is 20.3. The molecule has 1 heterocycles. The molecule has 0 aliphatic heterocycles. The van der Waals surface area contributed by atoms with E-state index in [4.69, 9.17) is 10.9 Å². The highest BCUT2D eigenvalue weighted by Gasteiger charge is 2.04. The van der Waals surface area contributed by atoms with Gasteiger partial charge in [-0.3, -0.25) is 10.7 Å². The number of nitrogens with two attached hydrogens (primary N) is 1. The average molecular weight is 217 g/mol. The molecule has 0 saturated carbocycles. The zero-order valence-corrected chi connectivity index (χ0v) is 8.21. The highest BCUT2D eigenvalue weighted by atomic mass is 16.5. The topological polar surface area (TPSA) is 107 Å². The third-order valence-corrected chi connectivity index (χ3v) is 2.13. The van der Waals surface area contributed by atoms with Gasteiger partial charge in [-0.2, -0.15) is 0 Å². The van der Waals surface area contributed by atoms with Gasteiger partial charge in [0.15, 0.2) is 0 Å². The third-order valence-electron chi connectivity index (χ3n) is 2.13. The van der Waals surface area contributed by atoms with Crippen molar-refractivity contribution in [3.05, 3.63) is 30.7 Å². The molecule has 0 spiro atoms. The van der Waals surface area contributed by atoms with E-state index < -0.39 is 0 Å². The molecule has 2 rings (SSSR count). The standard InChI is InChI=1S/C10H10N4O2/c11-7-2-1-6(3-8(7)14-16)10-9(15)4-12-5-13-10/h1-5,14-16H,11H2/p-1. The molecular weight excluding hydrogens is 208 g/mol. The second-order valence-electron chi connectivity index (χ2n) is 3.15. The van der Waals surface area contributed by atoms with Gasteiger partial charge in [-0.05, 0) is 12.1 Å². The molecule has 2 aromatic rings. The van der Waals surface area contributed by atoms with E-state index in [1.54, 1.807) is 18.2 Å². The zero-order valence-electron chi connectivity index (χ0n) is 8.21. The minimum atomic E-state index is -0.281. The van der Waals surface area contributed by atoms with Gasteiger partial charge in [0, 0.05) is 11.8 Å². The van der Waals surface area contributed by atoms with Crippen molar-refractivity contribution in [1.29, 1.82) is 0 Å². The molecule has 0 aliphatic rings. The molecular formula is C10H9N4O2-. The molecule has 6 heteroatoms. The van der Waals surface area contributed by atoms with Crippen LogP contribution in [-0.2, 0) is 0 Å². The first-order valence-electron chi connectivity index (χ1n) is 4.49. The van der Waals surface area contributed by atoms with Gasteiger partial charge < -0.3 is 10.8 Å². The summed E-state index contributed by atoms with van der Waals surface area (Å²) in [6.07, 6.45) is 2.48. The number of aromatic nitrogens is 2. The van der Waals surface area contributed by atoms with Crippen LogP contribution in [0.2, 0.25) is 0 Å². The number of rotatable bonds is 2. The molecule has 0 fully saturated rings. The van der Waals surface area contributed by atoms with Crippen LogP contribution in [0.15, 0.2) is 30.7 Å². The largest absolute Gasteiger partial charge is 0.870 e. The molecule has 0 aliphatic carbocycles. The summed E-state index contributed by atoms with van der Waals surface area (Å²) < 4.78 is 0. The summed E-state index contributed by atoms with van der Waals surface area (Å²) in [5.74, 6) is -0.281. The molecule has 0 bridgehead atoms. The van der Waals surface area contributed by atoms with Gasteiger partial charge in [0.05, 0.1) is 17.1 Å². The van der Waals surface area contributed by atoms with Crippen LogP contribution in [0.4, 0.5) is 11.4 Å². The van der Waals surface area contributed by atoms with E-state index in [-0.39, 0.29) is 11.4 Å².